The number of benzene rings is 3. The van der Waals surface area contributed by atoms with Gasteiger partial charge in [0, 0.05) is 10.8 Å². The summed E-state index contributed by atoms with van der Waals surface area (Å²) in [5.41, 5.74) is 7.31. The van der Waals surface area contributed by atoms with Gasteiger partial charge in [-0.1, -0.05) is 55.5 Å². The molecule has 3 rings (SSSR count). The molecule has 3 aromatic rings. The quantitative estimate of drug-likeness (QED) is 0.290. The van der Waals surface area contributed by atoms with Crippen LogP contribution in [0, 0.1) is 0 Å². The molecule has 10 heteroatoms. The highest BCUT2D eigenvalue weighted by molar-refractivity contribution is 7.89. The van der Waals surface area contributed by atoms with Crippen molar-refractivity contribution >= 4 is 39.8 Å². The first-order valence-electron chi connectivity index (χ1n) is 9.71. The molecular formula is C21H26N3O5PS. The molecule has 3 atom stereocenters. The minimum absolute atomic E-state index is 0.0626. The van der Waals surface area contributed by atoms with Crippen molar-refractivity contribution in [3.8, 4) is 0 Å². The first-order valence-corrected chi connectivity index (χ1v) is 12.9. The summed E-state index contributed by atoms with van der Waals surface area (Å²) in [6.45, 7) is 3.57. The number of anilines is 2. The number of nitrogens with two attached hydrogens (primary N) is 2. The summed E-state index contributed by atoms with van der Waals surface area (Å²) in [5, 5.41) is 9.22. The zero-order chi connectivity index (χ0) is 22.8. The van der Waals surface area contributed by atoms with Crippen molar-refractivity contribution in [3.63, 3.8) is 0 Å². The average Bonchev–Trinajstić information content (AvgIpc) is 2.72. The Morgan fingerprint density at radius 1 is 1.06 bits per heavy atom. The van der Waals surface area contributed by atoms with Gasteiger partial charge in [-0.05, 0) is 31.0 Å². The van der Waals surface area contributed by atoms with Crippen LogP contribution in [0.1, 0.15) is 31.6 Å². The maximum atomic E-state index is 13.3. The average molecular weight is 463 g/mol. The molecule has 0 aliphatic heterocycles. The van der Waals surface area contributed by atoms with Gasteiger partial charge in [0.25, 0.3) is 0 Å². The summed E-state index contributed by atoms with van der Waals surface area (Å²) in [6.07, 6.45) is 0.114. The molecule has 0 saturated heterocycles. The van der Waals surface area contributed by atoms with Gasteiger partial charge in [0.2, 0.25) is 10.0 Å². The molecule has 166 valence electrons. The maximum Gasteiger partial charge on any atom is 0.354 e. The van der Waals surface area contributed by atoms with Gasteiger partial charge in [-0.15, -0.1) is 0 Å². The molecule has 3 unspecified atom stereocenters. The van der Waals surface area contributed by atoms with Gasteiger partial charge in [-0.25, -0.2) is 13.6 Å². The third-order valence-corrected chi connectivity index (χ3v) is 7.70. The van der Waals surface area contributed by atoms with Gasteiger partial charge in [0.05, 0.1) is 22.4 Å². The van der Waals surface area contributed by atoms with Gasteiger partial charge >= 0.3 is 7.60 Å². The molecule has 0 aliphatic rings. The second kappa shape index (κ2) is 8.98. The molecule has 0 fully saturated rings. The molecular weight excluding hydrogens is 437 g/mol. The van der Waals surface area contributed by atoms with E-state index in [1.807, 2.05) is 6.92 Å². The number of primary sulfonamides is 1. The third-order valence-electron chi connectivity index (χ3n) is 4.99. The number of sulfonamides is 1. The van der Waals surface area contributed by atoms with Crippen molar-refractivity contribution in [1.29, 1.82) is 0 Å². The van der Waals surface area contributed by atoms with Gasteiger partial charge in [-0.3, -0.25) is 4.57 Å². The summed E-state index contributed by atoms with van der Waals surface area (Å²) in [6, 6.07) is 16.4. The van der Waals surface area contributed by atoms with Gasteiger partial charge in [-0.2, -0.15) is 0 Å². The van der Waals surface area contributed by atoms with E-state index < -0.39 is 29.5 Å². The third kappa shape index (κ3) is 5.08. The van der Waals surface area contributed by atoms with Crippen LogP contribution >= 0.6 is 7.60 Å². The Balaban J connectivity index is 2.18. The normalized spacial score (nSPS) is 15.9. The Hall–Kier alpha value is -2.42. The summed E-state index contributed by atoms with van der Waals surface area (Å²) in [4.78, 5) is 10.8. The largest absolute Gasteiger partial charge is 0.397 e. The second-order valence-electron chi connectivity index (χ2n) is 7.27. The fraction of sp³-hybridized carbons (Fsp3) is 0.238. The SMILES string of the molecule is CCC(C)OP(=O)(O)C(Nc1c(N)ccc2c(S(N)(=O)=O)cccc12)c1ccccc1. The van der Waals surface area contributed by atoms with Crippen molar-refractivity contribution in [1.82, 2.24) is 0 Å². The molecule has 0 radical (unpaired) electrons. The van der Waals surface area contributed by atoms with E-state index in [1.54, 1.807) is 55.5 Å². The molecule has 3 aromatic carbocycles. The lowest BCUT2D eigenvalue weighted by atomic mass is 10.1. The number of nitrogens with one attached hydrogen (secondary N) is 1. The van der Waals surface area contributed by atoms with E-state index in [2.05, 4.69) is 5.32 Å². The topological polar surface area (TPSA) is 145 Å². The first kappa shape index (κ1) is 23.2. The Kier molecular flexibility index (Phi) is 6.73. The van der Waals surface area contributed by atoms with E-state index in [0.717, 1.165) is 0 Å². The van der Waals surface area contributed by atoms with E-state index in [9.17, 15) is 17.9 Å². The van der Waals surface area contributed by atoms with Crippen LogP contribution in [-0.4, -0.2) is 19.4 Å². The van der Waals surface area contributed by atoms with Crippen molar-refractivity contribution in [3.05, 3.63) is 66.2 Å². The zero-order valence-electron chi connectivity index (χ0n) is 17.2. The van der Waals surface area contributed by atoms with Crippen LogP contribution in [0.25, 0.3) is 10.8 Å². The molecule has 0 saturated carbocycles. The molecule has 8 nitrogen and oxygen atoms in total. The van der Waals surface area contributed by atoms with Crippen molar-refractivity contribution in [2.24, 2.45) is 5.14 Å². The maximum absolute atomic E-state index is 13.3. The van der Waals surface area contributed by atoms with Crippen molar-refractivity contribution < 1.29 is 22.4 Å². The van der Waals surface area contributed by atoms with Crippen LogP contribution in [-0.2, 0) is 19.1 Å². The van der Waals surface area contributed by atoms with Crippen molar-refractivity contribution in [2.45, 2.75) is 37.1 Å². The second-order valence-corrected chi connectivity index (χ2v) is 10.7. The van der Waals surface area contributed by atoms with Gasteiger partial charge < -0.3 is 20.5 Å². The number of rotatable bonds is 8. The lowest BCUT2D eigenvalue weighted by Crippen LogP contribution is -2.17. The predicted octanol–water partition coefficient (Wildman–Crippen LogP) is 4.18. The molecule has 31 heavy (non-hydrogen) atoms. The van der Waals surface area contributed by atoms with Crippen molar-refractivity contribution in [2.75, 3.05) is 11.1 Å². The minimum Gasteiger partial charge on any atom is -0.397 e. The predicted molar refractivity (Wildman–Crippen MR) is 123 cm³/mol. The summed E-state index contributed by atoms with van der Waals surface area (Å²) in [5.74, 6) is -1.13. The minimum atomic E-state index is -4.21. The van der Waals surface area contributed by atoms with Crippen LogP contribution in [0.2, 0.25) is 0 Å². The van der Waals surface area contributed by atoms with E-state index in [1.165, 1.54) is 12.1 Å². The van der Waals surface area contributed by atoms with Crippen LogP contribution in [0.3, 0.4) is 0 Å². The van der Waals surface area contributed by atoms with Crippen LogP contribution in [0.5, 0.6) is 0 Å². The Labute approximate surface area is 181 Å². The van der Waals surface area contributed by atoms with E-state index in [-0.39, 0.29) is 10.6 Å². The molecule has 0 heterocycles. The summed E-state index contributed by atoms with van der Waals surface area (Å²) >= 11 is 0. The lowest BCUT2D eigenvalue weighted by molar-refractivity contribution is 0.181. The highest BCUT2D eigenvalue weighted by atomic mass is 32.2. The van der Waals surface area contributed by atoms with Crippen LogP contribution in [0.15, 0.2) is 65.6 Å². The standard InChI is InChI=1S/C21H26N3O5PS/c1-3-14(2)29-30(25,26)21(15-8-5-4-6-9-15)24-20-17-10-7-11-19(31(23,27)28)16(17)12-13-18(20)22/h4-14,21,24H,3,22H2,1-2H3,(H,25,26)(H2,23,27,28). The van der Waals surface area contributed by atoms with E-state index in [0.29, 0.717) is 28.4 Å². The zero-order valence-corrected chi connectivity index (χ0v) is 18.9. The van der Waals surface area contributed by atoms with E-state index >= 15 is 0 Å². The first-order chi connectivity index (χ1) is 14.5. The van der Waals surface area contributed by atoms with Gasteiger partial charge in [0.15, 0.2) is 5.78 Å². The Morgan fingerprint density at radius 3 is 2.35 bits per heavy atom. The number of hydrogen-bond acceptors (Lipinski definition) is 6. The molecule has 0 amide bonds. The molecule has 6 N–H and O–H groups in total. The molecule has 0 aromatic heterocycles. The summed E-state index contributed by atoms with van der Waals surface area (Å²) < 4.78 is 42.8. The number of fused-ring (bicyclic) bond motifs is 1. The van der Waals surface area contributed by atoms with Crippen LogP contribution < -0.4 is 16.2 Å². The highest BCUT2D eigenvalue weighted by Gasteiger charge is 2.36. The number of hydrogen-bond donors (Lipinski definition) is 4. The Morgan fingerprint density at radius 2 is 1.74 bits per heavy atom. The summed E-state index contributed by atoms with van der Waals surface area (Å²) in [7, 11) is -8.20. The smallest absolute Gasteiger partial charge is 0.354 e. The van der Waals surface area contributed by atoms with E-state index in [4.69, 9.17) is 15.4 Å². The lowest BCUT2D eigenvalue weighted by Gasteiger charge is -2.28. The Bertz CT molecular complexity index is 1230. The fourth-order valence-electron chi connectivity index (χ4n) is 3.27. The van der Waals surface area contributed by atoms with Gasteiger partial charge in [0.1, 0.15) is 0 Å². The monoisotopic (exact) mass is 463 g/mol. The highest BCUT2D eigenvalue weighted by Crippen LogP contribution is 2.58. The molecule has 0 spiro atoms. The number of nitrogen functional groups attached to an aromatic ring is 1. The van der Waals surface area contributed by atoms with Crippen LogP contribution in [0.4, 0.5) is 11.4 Å². The molecule has 0 aliphatic carbocycles. The fourth-order valence-corrected chi connectivity index (χ4v) is 5.65. The molecule has 0 bridgehead atoms.